The molecule has 126 valence electrons. The fraction of sp³-hybridized carbons (Fsp3) is 0.444. The molecule has 0 unspecified atom stereocenters. The molecule has 1 fully saturated rings. The van der Waals surface area contributed by atoms with Crippen molar-refractivity contribution in [2.75, 3.05) is 19.6 Å². The highest BCUT2D eigenvalue weighted by Crippen LogP contribution is 2.35. The van der Waals surface area contributed by atoms with E-state index in [0.29, 0.717) is 6.54 Å². The molecule has 1 N–H and O–H groups in total. The molecule has 6 heteroatoms. The quantitative estimate of drug-likeness (QED) is 0.894. The van der Waals surface area contributed by atoms with E-state index in [1.54, 1.807) is 27.7 Å². The number of hydrazone groups is 1. The SMILES string of the molecule is O=C(C[NH+]1CCCCC1)N1N=C(c2cccs2)C[C@H]1c1cccs1. The predicted octanol–water partition coefficient (Wildman–Crippen LogP) is 2.56. The number of likely N-dealkylation sites (tertiary alicyclic amines) is 1. The Bertz CT molecular complexity index is 703. The number of hydrogen-bond acceptors (Lipinski definition) is 4. The van der Waals surface area contributed by atoms with Gasteiger partial charge in [0.05, 0.1) is 29.7 Å². The number of thiophene rings is 2. The molecule has 2 aromatic heterocycles. The number of carbonyl (C=O) groups excluding carboxylic acids is 1. The Morgan fingerprint density at radius 2 is 1.96 bits per heavy atom. The van der Waals surface area contributed by atoms with Crippen molar-refractivity contribution in [2.45, 2.75) is 31.7 Å². The Kier molecular flexibility index (Phi) is 4.78. The second-order valence-corrected chi connectivity index (χ2v) is 8.41. The van der Waals surface area contributed by atoms with Gasteiger partial charge in [0.15, 0.2) is 6.54 Å². The molecule has 0 spiro atoms. The van der Waals surface area contributed by atoms with E-state index in [9.17, 15) is 4.79 Å². The first-order valence-electron chi connectivity index (χ1n) is 8.61. The summed E-state index contributed by atoms with van der Waals surface area (Å²) in [6.07, 6.45) is 4.60. The molecule has 4 rings (SSSR count). The molecule has 1 saturated heterocycles. The van der Waals surface area contributed by atoms with E-state index < -0.39 is 0 Å². The third kappa shape index (κ3) is 3.31. The van der Waals surface area contributed by atoms with Crippen molar-refractivity contribution >= 4 is 34.3 Å². The molecule has 4 heterocycles. The largest absolute Gasteiger partial charge is 0.327 e. The van der Waals surface area contributed by atoms with Crippen LogP contribution >= 0.6 is 22.7 Å². The highest BCUT2D eigenvalue weighted by Gasteiger charge is 2.35. The molecule has 0 aromatic carbocycles. The maximum Gasteiger partial charge on any atom is 0.298 e. The van der Waals surface area contributed by atoms with E-state index in [0.717, 1.165) is 25.2 Å². The molecule has 2 aromatic rings. The second-order valence-electron chi connectivity index (χ2n) is 6.49. The van der Waals surface area contributed by atoms with E-state index >= 15 is 0 Å². The van der Waals surface area contributed by atoms with Crippen LogP contribution in [0.3, 0.4) is 0 Å². The number of amides is 1. The lowest BCUT2D eigenvalue weighted by Crippen LogP contribution is -3.13. The molecule has 4 nitrogen and oxygen atoms in total. The molecular weight excluding hydrogens is 338 g/mol. The van der Waals surface area contributed by atoms with Gasteiger partial charge in [0, 0.05) is 11.3 Å². The van der Waals surface area contributed by atoms with Crippen LogP contribution in [0.15, 0.2) is 40.1 Å². The van der Waals surface area contributed by atoms with Gasteiger partial charge >= 0.3 is 0 Å². The zero-order valence-corrected chi connectivity index (χ0v) is 15.2. The van der Waals surface area contributed by atoms with Crippen LogP contribution in [0.4, 0.5) is 0 Å². The average molecular weight is 361 g/mol. The molecule has 1 amide bonds. The van der Waals surface area contributed by atoms with Gasteiger partial charge < -0.3 is 4.90 Å². The van der Waals surface area contributed by atoms with Crippen LogP contribution in [0.5, 0.6) is 0 Å². The van der Waals surface area contributed by atoms with E-state index in [2.05, 4.69) is 29.0 Å². The van der Waals surface area contributed by atoms with Crippen molar-refractivity contribution in [1.82, 2.24) is 5.01 Å². The summed E-state index contributed by atoms with van der Waals surface area (Å²) in [7, 11) is 0. The van der Waals surface area contributed by atoms with Gasteiger partial charge in [0.2, 0.25) is 0 Å². The van der Waals surface area contributed by atoms with Gasteiger partial charge in [0.1, 0.15) is 0 Å². The van der Waals surface area contributed by atoms with Crippen molar-refractivity contribution in [2.24, 2.45) is 5.10 Å². The van der Waals surface area contributed by atoms with Crippen LogP contribution in [0, 0.1) is 0 Å². The fourth-order valence-electron chi connectivity index (χ4n) is 3.56. The highest BCUT2D eigenvalue weighted by molar-refractivity contribution is 7.12. The summed E-state index contributed by atoms with van der Waals surface area (Å²) in [6.45, 7) is 2.80. The van der Waals surface area contributed by atoms with Crippen LogP contribution in [-0.4, -0.2) is 36.3 Å². The first-order valence-corrected chi connectivity index (χ1v) is 10.4. The summed E-state index contributed by atoms with van der Waals surface area (Å²) in [5.41, 5.74) is 1.05. The van der Waals surface area contributed by atoms with Crippen LogP contribution in [-0.2, 0) is 4.79 Å². The minimum Gasteiger partial charge on any atom is -0.327 e. The standard InChI is InChI=1S/C18H21N3OS2/c22-18(13-20-8-2-1-3-9-20)21-15(17-7-5-11-24-17)12-14(19-21)16-6-4-10-23-16/h4-7,10-11,15H,1-3,8-9,12-13H2/p+1/t15-/m0/s1. The van der Waals surface area contributed by atoms with Crippen molar-refractivity contribution in [3.05, 3.63) is 44.8 Å². The van der Waals surface area contributed by atoms with E-state index in [1.165, 1.54) is 33.9 Å². The third-order valence-electron chi connectivity index (χ3n) is 4.80. The van der Waals surface area contributed by atoms with Crippen molar-refractivity contribution < 1.29 is 9.69 Å². The summed E-state index contributed by atoms with van der Waals surface area (Å²) < 4.78 is 0. The molecule has 0 saturated carbocycles. The number of piperidine rings is 1. The Hall–Kier alpha value is -1.50. The minimum absolute atomic E-state index is 0.0683. The van der Waals surface area contributed by atoms with Crippen LogP contribution < -0.4 is 4.90 Å². The maximum atomic E-state index is 12.9. The lowest BCUT2D eigenvalue weighted by molar-refractivity contribution is -0.897. The lowest BCUT2D eigenvalue weighted by atomic mass is 10.1. The number of hydrogen-bond donors (Lipinski definition) is 1. The minimum atomic E-state index is 0.0683. The van der Waals surface area contributed by atoms with E-state index in [4.69, 9.17) is 5.10 Å². The van der Waals surface area contributed by atoms with Crippen molar-refractivity contribution in [3.63, 3.8) is 0 Å². The monoisotopic (exact) mass is 360 g/mol. The number of carbonyl (C=O) groups is 1. The average Bonchev–Trinajstić information content (AvgIpc) is 3.35. The molecule has 1 atom stereocenters. The van der Waals surface area contributed by atoms with Gasteiger partial charge in [-0.3, -0.25) is 4.79 Å². The van der Waals surface area contributed by atoms with Crippen LogP contribution in [0.25, 0.3) is 0 Å². The van der Waals surface area contributed by atoms with E-state index in [1.807, 2.05) is 6.07 Å². The number of nitrogens with one attached hydrogen (secondary N) is 1. The number of rotatable bonds is 4. The summed E-state index contributed by atoms with van der Waals surface area (Å²) >= 11 is 3.41. The Labute approximate surface area is 150 Å². The Morgan fingerprint density at radius 3 is 2.67 bits per heavy atom. The maximum absolute atomic E-state index is 12.9. The summed E-state index contributed by atoms with van der Waals surface area (Å²) in [5.74, 6) is 0.164. The van der Waals surface area contributed by atoms with Gasteiger partial charge in [-0.25, -0.2) is 5.01 Å². The molecule has 24 heavy (non-hydrogen) atoms. The van der Waals surface area contributed by atoms with Gasteiger partial charge in [-0.05, 0) is 42.2 Å². The summed E-state index contributed by atoms with van der Waals surface area (Å²) in [5, 5.41) is 10.7. The fourth-order valence-corrected chi connectivity index (χ4v) is 5.09. The molecule has 0 radical (unpaired) electrons. The number of nitrogens with zero attached hydrogens (tertiary/aromatic N) is 2. The lowest BCUT2D eigenvalue weighted by Gasteiger charge is -2.26. The molecular formula is C18H22N3OS2+. The van der Waals surface area contributed by atoms with Gasteiger partial charge in [-0.15, -0.1) is 22.7 Å². The molecule has 0 bridgehead atoms. The Morgan fingerprint density at radius 1 is 1.17 bits per heavy atom. The van der Waals surface area contributed by atoms with Gasteiger partial charge in [0.25, 0.3) is 5.91 Å². The van der Waals surface area contributed by atoms with Gasteiger partial charge in [-0.2, -0.15) is 5.10 Å². The third-order valence-corrected chi connectivity index (χ3v) is 6.70. The summed E-state index contributed by atoms with van der Waals surface area (Å²) in [6, 6.07) is 8.39. The van der Waals surface area contributed by atoms with Gasteiger partial charge in [-0.1, -0.05) is 12.1 Å². The number of quaternary nitrogens is 1. The highest BCUT2D eigenvalue weighted by atomic mass is 32.1. The van der Waals surface area contributed by atoms with Crippen LogP contribution in [0.2, 0.25) is 0 Å². The predicted molar refractivity (Wildman–Crippen MR) is 98.8 cm³/mol. The smallest absolute Gasteiger partial charge is 0.298 e. The van der Waals surface area contributed by atoms with Crippen molar-refractivity contribution in [1.29, 1.82) is 0 Å². The second kappa shape index (κ2) is 7.17. The Balaban J connectivity index is 1.55. The molecule has 2 aliphatic heterocycles. The first kappa shape index (κ1) is 16.0. The van der Waals surface area contributed by atoms with Crippen molar-refractivity contribution in [3.8, 4) is 0 Å². The normalized spacial score (nSPS) is 21.9. The zero-order valence-electron chi connectivity index (χ0n) is 13.6. The first-order chi connectivity index (χ1) is 11.8. The topological polar surface area (TPSA) is 37.1 Å². The zero-order chi connectivity index (χ0) is 16.4. The molecule has 0 aliphatic carbocycles. The van der Waals surface area contributed by atoms with Crippen LogP contribution in [0.1, 0.15) is 41.5 Å². The molecule has 2 aliphatic rings. The van der Waals surface area contributed by atoms with E-state index in [-0.39, 0.29) is 11.9 Å². The summed E-state index contributed by atoms with van der Waals surface area (Å²) in [4.78, 5) is 16.8.